The molecule has 4 nitrogen and oxygen atoms in total. The summed E-state index contributed by atoms with van der Waals surface area (Å²) in [6.45, 7) is 1.61. The minimum atomic E-state index is -1.02. The molecule has 47 valence electrons. The molecule has 1 aliphatic heterocycles. The monoisotopic (exact) mass is 125 g/mol. The summed E-state index contributed by atoms with van der Waals surface area (Å²) in [4.78, 5) is 13.8. The van der Waals surface area contributed by atoms with Gasteiger partial charge in [0, 0.05) is 0 Å². The van der Waals surface area contributed by atoms with E-state index in [0.717, 1.165) is 0 Å². The average Bonchev–Trinajstić information content (AvgIpc) is 2.13. The summed E-state index contributed by atoms with van der Waals surface area (Å²) in [5.41, 5.74) is 0.498. The SMILES string of the molecule is CC1=C(C(=O)O)[N]C=N1. The van der Waals surface area contributed by atoms with Crippen molar-refractivity contribution >= 4 is 12.3 Å². The molecular formula is C5H5N2O2. The topological polar surface area (TPSA) is 63.8 Å². The highest BCUT2D eigenvalue weighted by Gasteiger charge is 2.14. The molecule has 0 aromatic carbocycles. The molecule has 1 rings (SSSR count). The van der Waals surface area contributed by atoms with Crippen LogP contribution in [0.15, 0.2) is 16.4 Å². The minimum absolute atomic E-state index is 0.0370. The summed E-state index contributed by atoms with van der Waals surface area (Å²) in [6.07, 6.45) is 1.23. The van der Waals surface area contributed by atoms with Crippen LogP contribution in [-0.4, -0.2) is 17.4 Å². The first-order valence-corrected chi connectivity index (χ1v) is 2.39. The Kier molecular flexibility index (Phi) is 1.22. The number of rotatable bonds is 1. The Morgan fingerprint density at radius 3 is 2.67 bits per heavy atom. The normalized spacial score (nSPS) is 16.1. The number of allylic oxidation sites excluding steroid dienone is 1. The third-order valence-corrected chi connectivity index (χ3v) is 0.984. The van der Waals surface area contributed by atoms with Crippen LogP contribution >= 0.6 is 0 Å². The molecule has 1 heterocycles. The Bertz CT molecular complexity index is 205. The number of carboxylic acids is 1. The first kappa shape index (κ1) is 5.81. The van der Waals surface area contributed by atoms with E-state index in [1.54, 1.807) is 6.92 Å². The Morgan fingerprint density at radius 2 is 2.44 bits per heavy atom. The van der Waals surface area contributed by atoms with Crippen LogP contribution in [0.3, 0.4) is 0 Å². The van der Waals surface area contributed by atoms with Crippen molar-refractivity contribution in [3.63, 3.8) is 0 Å². The maximum Gasteiger partial charge on any atom is 0.356 e. The van der Waals surface area contributed by atoms with E-state index in [2.05, 4.69) is 10.3 Å². The van der Waals surface area contributed by atoms with Gasteiger partial charge in [0.05, 0.1) is 5.70 Å². The van der Waals surface area contributed by atoms with Crippen LogP contribution in [0.2, 0.25) is 0 Å². The summed E-state index contributed by atoms with van der Waals surface area (Å²) in [7, 11) is 0. The maximum atomic E-state index is 10.2. The highest BCUT2D eigenvalue weighted by molar-refractivity contribution is 5.91. The lowest BCUT2D eigenvalue weighted by Crippen LogP contribution is -2.08. The van der Waals surface area contributed by atoms with Crippen LogP contribution in [0.5, 0.6) is 0 Å². The lowest BCUT2D eigenvalue weighted by atomic mass is 10.4. The van der Waals surface area contributed by atoms with Gasteiger partial charge in [-0.25, -0.2) is 15.1 Å². The van der Waals surface area contributed by atoms with Crippen molar-refractivity contribution in [1.82, 2.24) is 5.32 Å². The molecule has 0 atom stereocenters. The first-order valence-electron chi connectivity index (χ1n) is 2.39. The number of carboxylic acid groups (broad SMARTS) is 1. The minimum Gasteiger partial charge on any atom is -0.476 e. The van der Waals surface area contributed by atoms with Gasteiger partial charge in [-0.3, -0.25) is 0 Å². The lowest BCUT2D eigenvalue weighted by molar-refractivity contribution is -0.132. The number of hydrogen-bond acceptors (Lipinski definition) is 2. The predicted molar refractivity (Wildman–Crippen MR) is 31.0 cm³/mol. The second-order valence-corrected chi connectivity index (χ2v) is 1.61. The van der Waals surface area contributed by atoms with Gasteiger partial charge < -0.3 is 5.11 Å². The highest BCUT2D eigenvalue weighted by Crippen LogP contribution is 2.06. The van der Waals surface area contributed by atoms with Crippen molar-refractivity contribution in [3.8, 4) is 0 Å². The molecule has 0 bridgehead atoms. The molecule has 0 saturated heterocycles. The molecule has 4 heteroatoms. The molecule has 0 saturated carbocycles. The molecule has 0 fully saturated rings. The van der Waals surface area contributed by atoms with Crippen LogP contribution in [0.1, 0.15) is 6.92 Å². The van der Waals surface area contributed by atoms with Gasteiger partial charge in [0.15, 0.2) is 5.70 Å². The summed E-state index contributed by atoms with van der Waals surface area (Å²) >= 11 is 0. The summed E-state index contributed by atoms with van der Waals surface area (Å²) < 4.78 is 0. The van der Waals surface area contributed by atoms with Gasteiger partial charge in [-0.05, 0) is 6.92 Å². The van der Waals surface area contributed by atoms with Gasteiger partial charge in [0.1, 0.15) is 6.34 Å². The van der Waals surface area contributed by atoms with E-state index in [1.165, 1.54) is 6.34 Å². The van der Waals surface area contributed by atoms with E-state index in [4.69, 9.17) is 5.11 Å². The Hall–Kier alpha value is -1.32. The highest BCUT2D eigenvalue weighted by atomic mass is 16.4. The number of nitrogens with zero attached hydrogens (tertiary/aromatic N) is 2. The maximum absolute atomic E-state index is 10.2. The molecule has 1 N–H and O–H groups in total. The Labute approximate surface area is 51.9 Å². The zero-order valence-electron chi connectivity index (χ0n) is 4.83. The van der Waals surface area contributed by atoms with Gasteiger partial charge >= 0.3 is 5.97 Å². The third-order valence-electron chi connectivity index (χ3n) is 0.984. The first-order chi connectivity index (χ1) is 4.22. The van der Waals surface area contributed by atoms with Crippen molar-refractivity contribution in [2.75, 3.05) is 0 Å². The van der Waals surface area contributed by atoms with Crippen LogP contribution in [0, 0.1) is 0 Å². The standard InChI is InChI=1S/C5H5N2O2/c1-3-4(5(8)9)7-2-6-3/h2H,1H3,(H,8,9). The molecule has 0 unspecified atom stereocenters. The van der Waals surface area contributed by atoms with E-state index >= 15 is 0 Å². The fourth-order valence-electron chi connectivity index (χ4n) is 0.538. The van der Waals surface area contributed by atoms with E-state index in [-0.39, 0.29) is 5.70 Å². The Balaban J connectivity index is 2.85. The average molecular weight is 125 g/mol. The van der Waals surface area contributed by atoms with Gasteiger partial charge in [-0.15, -0.1) is 0 Å². The summed E-state index contributed by atoms with van der Waals surface area (Å²) in [5, 5.41) is 11.9. The molecule has 1 radical (unpaired) electrons. The number of aliphatic carboxylic acids is 1. The zero-order chi connectivity index (χ0) is 6.85. The van der Waals surface area contributed by atoms with E-state index < -0.39 is 5.97 Å². The van der Waals surface area contributed by atoms with Crippen molar-refractivity contribution < 1.29 is 9.90 Å². The molecule has 1 aliphatic rings. The molecule has 0 spiro atoms. The zero-order valence-corrected chi connectivity index (χ0v) is 4.83. The van der Waals surface area contributed by atoms with Gasteiger partial charge in [0.25, 0.3) is 0 Å². The van der Waals surface area contributed by atoms with Crippen molar-refractivity contribution in [2.45, 2.75) is 6.92 Å². The number of hydrogen-bond donors (Lipinski definition) is 1. The molecule has 0 aromatic heterocycles. The summed E-state index contributed by atoms with van der Waals surface area (Å²) in [5.74, 6) is -1.02. The fourth-order valence-corrected chi connectivity index (χ4v) is 0.538. The largest absolute Gasteiger partial charge is 0.476 e. The molecule has 0 amide bonds. The van der Waals surface area contributed by atoms with Crippen LogP contribution < -0.4 is 5.32 Å². The van der Waals surface area contributed by atoms with Crippen LogP contribution in [0.25, 0.3) is 0 Å². The van der Waals surface area contributed by atoms with Crippen LogP contribution in [0.4, 0.5) is 0 Å². The molecule has 0 aromatic rings. The number of carbonyl (C=O) groups is 1. The van der Waals surface area contributed by atoms with Gasteiger partial charge in [-0.1, -0.05) is 0 Å². The van der Waals surface area contributed by atoms with E-state index in [0.29, 0.717) is 5.70 Å². The van der Waals surface area contributed by atoms with Crippen LogP contribution in [-0.2, 0) is 4.79 Å². The van der Waals surface area contributed by atoms with E-state index in [9.17, 15) is 4.79 Å². The quantitative estimate of drug-likeness (QED) is 0.534. The smallest absolute Gasteiger partial charge is 0.356 e. The molecule has 9 heavy (non-hydrogen) atoms. The van der Waals surface area contributed by atoms with Crippen molar-refractivity contribution in [2.24, 2.45) is 4.99 Å². The second-order valence-electron chi connectivity index (χ2n) is 1.61. The van der Waals surface area contributed by atoms with Gasteiger partial charge in [-0.2, -0.15) is 0 Å². The van der Waals surface area contributed by atoms with Crippen molar-refractivity contribution in [3.05, 3.63) is 11.4 Å². The molecular weight excluding hydrogens is 120 g/mol. The lowest BCUT2D eigenvalue weighted by Gasteiger charge is -1.89. The van der Waals surface area contributed by atoms with E-state index in [1.807, 2.05) is 0 Å². The van der Waals surface area contributed by atoms with Gasteiger partial charge in [0.2, 0.25) is 0 Å². The number of aliphatic imine (C=N–C) groups is 1. The Morgan fingerprint density at radius 1 is 1.78 bits per heavy atom. The summed E-state index contributed by atoms with van der Waals surface area (Å²) in [6, 6.07) is 0. The third kappa shape index (κ3) is 0.910. The molecule has 0 aliphatic carbocycles. The fraction of sp³-hybridized carbons (Fsp3) is 0.200. The second kappa shape index (κ2) is 1.89. The van der Waals surface area contributed by atoms with Crippen molar-refractivity contribution in [1.29, 1.82) is 0 Å². The predicted octanol–water partition coefficient (Wildman–Crippen LogP) is -0.0512.